The van der Waals surface area contributed by atoms with Gasteiger partial charge in [-0.25, -0.2) is 4.98 Å². The third-order valence-corrected chi connectivity index (χ3v) is 4.63. The molecule has 2 N–H and O–H groups in total. The minimum Gasteiger partial charge on any atom is -0.493 e. The van der Waals surface area contributed by atoms with Crippen molar-refractivity contribution in [2.75, 3.05) is 17.2 Å². The summed E-state index contributed by atoms with van der Waals surface area (Å²) in [6.07, 6.45) is -3.82. The van der Waals surface area contributed by atoms with Gasteiger partial charge in [-0.2, -0.15) is 18.2 Å². The highest BCUT2D eigenvalue weighted by Gasteiger charge is 2.35. The number of alkyl halides is 3. The van der Waals surface area contributed by atoms with E-state index in [1.165, 1.54) is 0 Å². The molecular weight excluding hydrogens is 417 g/mol. The van der Waals surface area contributed by atoms with Crippen LogP contribution >= 0.6 is 0 Å². The average Bonchev–Trinajstić information content (AvgIpc) is 2.73. The lowest BCUT2D eigenvalue weighted by Crippen LogP contribution is -2.12. The van der Waals surface area contributed by atoms with Crippen LogP contribution < -0.4 is 15.4 Å². The molecule has 0 radical (unpaired) electrons. The first-order chi connectivity index (χ1) is 15.1. The molecule has 3 aromatic rings. The fourth-order valence-electron chi connectivity index (χ4n) is 2.86. The van der Waals surface area contributed by atoms with Gasteiger partial charge in [0, 0.05) is 17.6 Å². The zero-order valence-electron chi connectivity index (χ0n) is 18.5. The summed E-state index contributed by atoms with van der Waals surface area (Å²) in [5.74, 6) is 1.13. The van der Waals surface area contributed by atoms with Gasteiger partial charge in [-0.05, 0) is 53.8 Å². The second-order valence-electron chi connectivity index (χ2n) is 8.21. The van der Waals surface area contributed by atoms with Crippen molar-refractivity contribution in [2.45, 2.75) is 39.8 Å². The minimum atomic E-state index is -4.60. The number of hydrogen-bond acceptors (Lipinski definition) is 5. The largest absolute Gasteiger partial charge is 0.493 e. The number of hydrogen-bond donors (Lipinski definition) is 2. The number of aromatic nitrogens is 2. The van der Waals surface area contributed by atoms with Gasteiger partial charge in [0.15, 0.2) is 0 Å². The number of benzene rings is 2. The van der Waals surface area contributed by atoms with Gasteiger partial charge in [0.1, 0.15) is 17.1 Å². The smallest absolute Gasteiger partial charge is 0.421 e. The highest BCUT2D eigenvalue weighted by molar-refractivity contribution is 5.63. The van der Waals surface area contributed by atoms with Crippen molar-refractivity contribution in [1.82, 2.24) is 9.97 Å². The molecule has 32 heavy (non-hydrogen) atoms. The maximum atomic E-state index is 13.5. The van der Waals surface area contributed by atoms with Crippen LogP contribution in [0.25, 0.3) is 0 Å². The number of nitrogens with zero attached hydrogens (tertiary/aromatic N) is 2. The van der Waals surface area contributed by atoms with Gasteiger partial charge < -0.3 is 15.4 Å². The normalized spacial score (nSPS) is 11.7. The molecule has 170 valence electrons. The van der Waals surface area contributed by atoms with Crippen molar-refractivity contribution >= 4 is 23.1 Å². The SMILES string of the molecule is CC(C)COc1ccc(Nc2nc(Nc3ccc(C(C)C)cc3)ncc2C(F)(F)F)cc1. The van der Waals surface area contributed by atoms with Gasteiger partial charge in [-0.1, -0.05) is 39.8 Å². The molecule has 0 saturated carbocycles. The molecule has 0 atom stereocenters. The Balaban J connectivity index is 1.81. The van der Waals surface area contributed by atoms with Crippen LogP contribution in [0.2, 0.25) is 0 Å². The lowest BCUT2D eigenvalue weighted by molar-refractivity contribution is -0.137. The van der Waals surface area contributed by atoms with Gasteiger partial charge in [0.25, 0.3) is 0 Å². The lowest BCUT2D eigenvalue weighted by Gasteiger charge is -2.15. The maximum Gasteiger partial charge on any atom is 0.421 e. The summed E-state index contributed by atoms with van der Waals surface area (Å²) in [6, 6.07) is 14.3. The summed E-state index contributed by atoms with van der Waals surface area (Å²) in [5, 5.41) is 5.72. The predicted molar refractivity (Wildman–Crippen MR) is 121 cm³/mol. The highest BCUT2D eigenvalue weighted by atomic mass is 19.4. The summed E-state index contributed by atoms with van der Waals surface area (Å²) in [4.78, 5) is 7.94. The van der Waals surface area contributed by atoms with Gasteiger partial charge >= 0.3 is 6.18 Å². The van der Waals surface area contributed by atoms with Crippen LogP contribution in [0.1, 0.15) is 44.7 Å². The van der Waals surface area contributed by atoms with Crippen LogP contribution in [-0.4, -0.2) is 16.6 Å². The van der Waals surface area contributed by atoms with Crippen molar-refractivity contribution in [3.63, 3.8) is 0 Å². The van der Waals surface area contributed by atoms with E-state index in [4.69, 9.17) is 4.74 Å². The second-order valence-corrected chi connectivity index (χ2v) is 8.21. The van der Waals surface area contributed by atoms with Crippen molar-refractivity contribution in [1.29, 1.82) is 0 Å². The van der Waals surface area contributed by atoms with E-state index in [-0.39, 0.29) is 11.8 Å². The standard InChI is InChI=1S/C24H27F3N4O/c1-15(2)14-32-20-11-9-18(10-12-20)29-22-21(24(25,26)27)13-28-23(31-22)30-19-7-5-17(6-8-19)16(3)4/h5-13,15-16H,14H2,1-4H3,(H2,28,29,30,31). The summed E-state index contributed by atoms with van der Waals surface area (Å²) in [5.41, 5.74) is 1.36. The lowest BCUT2D eigenvalue weighted by atomic mass is 10.0. The van der Waals surface area contributed by atoms with Crippen LogP contribution in [0.3, 0.4) is 0 Å². The summed E-state index contributed by atoms with van der Waals surface area (Å²) in [6.45, 7) is 8.80. The van der Waals surface area contributed by atoms with Crippen molar-refractivity contribution in [3.05, 3.63) is 65.9 Å². The van der Waals surface area contributed by atoms with Gasteiger partial charge in [0.05, 0.1) is 6.61 Å². The van der Waals surface area contributed by atoms with Gasteiger partial charge in [-0.3, -0.25) is 0 Å². The zero-order valence-corrected chi connectivity index (χ0v) is 18.5. The number of halogens is 3. The molecule has 3 rings (SSSR count). The number of ether oxygens (including phenoxy) is 1. The molecule has 0 unspecified atom stereocenters. The van der Waals surface area contributed by atoms with E-state index >= 15 is 0 Å². The number of anilines is 4. The Morgan fingerprint density at radius 2 is 1.47 bits per heavy atom. The molecule has 0 amide bonds. The Labute approximate surface area is 186 Å². The van der Waals surface area contributed by atoms with Gasteiger partial charge in [0.2, 0.25) is 5.95 Å². The van der Waals surface area contributed by atoms with Crippen molar-refractivity contribution < 1.29 is 17.9 Å². The molecule has 2 aromatic carbocycles. The molecule has 0 aliphatic heterocycles. The Morgan fingerprint density at radius 1 is 0.875 bits per heavy atom. The van der Waals surface area contributed by atoms with Crippen molar-refractivity contribution in [3.8, 4) is 5.75 Å². The van der Waals surface area contributed by atoms with E-state index in [2.05, 4.69) is 34.4 Å². The molecule has 0 aliphatic carbocycles. The van der Waals surface area contributed by atoms with E-state index in [1.54, 1.807) is 24.3 Å². The fourth-order valence-corrected chi connectivity index (χ4v) is 2.86. The third kappa shape index (κ3) is 6.35. The summed E-state index contributed by atoms with van der Waals surface area (Å²) >= 11 is 0. The van der Waals surface area contributed by atoms with Crippen LogP contribution in [0, 0.1) is 5.92 Å². The zero-order chi connectivity index (χ0) is 23.3. The van der Waals surface area contributed by atoms with E-state index < -0.39 is 11.7 Å². The molecule has 0 aliphatic rings. The molecule has 8 heteroatoms. The van der Waals surface area contributed by atoms with Crippen LogP contribution in [0.15, 0.2) is 54.7 Å². The molecule has 5 nitrogen and oxygen atoms in total. The van der Waals surface area contributed by atoms with Crippen molar-refractivity contribution in [2.24, 2.45) is 5.92 Å². The number of nitrogens with one attached hydrogen (secondary N) is 2. The molecule has 0 bridgehead atoms. The van der Waals surface area contributed by atoms with E-state index in [0.717, 1.165) is 11.8 Å². The Morgan fingerprint density at radius 3 is 2.03 bits per heavy atom. The maximum absolute atomic E-state index is 13.5. The first-order valence-electron chi connectivity index (χ1n) is 10.4. The summed E-state index contributed by atoms with van der Waals surface area (Å²) in [7, 11) is 0. The monoisotopic (exact) mass is 444 g/mol. The van der Waals surface area contributed by atoms with Crippen LogP contribution in [0.5, 0.6) is 5.75 Å². The Bertz CT molecular complexity index is 1020. The fraction of sp³-hybridized carbons (Fsp3) is 0.333. The quantitative estimate of drug-likeness (QED) is 0.387. The topological polar surface area (TPSA) is 59.1 Å². The predicted octanol–water partition coefficient (Wildman–Crippen LogP) is 7.14. The van der Waals surface area contributed by atoms with Gasteiger partial charge in [-0.15, -0.1) is 0 Å². The Kier molecular flexibility index (Phi) is 7.22. The number of rotatable bonds is 8. The highest BCUT2D eigenvalue weighted by Crippen LogP contribution is 2.35. The van der Waals surface area contributed by atoms with Crippen LogP contribution in [0.4, 0.5) is 36.3 Å². The summed E-state index contributed by atoms with van der Waals surface area (Å²) < 4.78 is 46.1. The molecule has 0 fully saturated rings. The second kappa shape index (κ2) is 9.89. The average molecular weight is 445 g/mol. The minimum absolute atomic E-state index is 0.0645. The van der Waals surface area contributed by atoms with E-state index in [0.29, 0.717) is 35.6 Å². The van der Waals surface area contributed by atoms with E-state index in [1.807, 2.05) is 38.1 Å². The molecule has 0 spiro atoms. The molecule has 1 heterocycles. The van der Waals surface area contributed by atoms with Crippen LogP contribution in [-0.2, 0) is 6.18 Å². The first-order valence-corrected chi connectivity index (χ1v) is 10.4. The Hall–Kier alpha value is -3.29. The third-order valence-electron chi connectivity index (χ3n) is 4.63. The molecule has 1 aromatic heterocycles. The first kappa shape index (κ1) is 23.4. The molecule has 0 saturated heterocycles. The molecular formula is C24H27F3N4O. The van der Waals surface area contributed by atoms with E-state index in [9.17, 15) is 13.2 Å².